The van der Waals surface area contributed by atoms with Gasteiger partial charge in [-0.2, -0.15) is 0 Å². The number of nitrogens with zero attached hydrogens (tertiary/aromatic N) is 2. The van der Waals surface area contributed by atoms with Crippen LogP contribution in [-0.4, -0.2) is 15.0 Å². The van der Waals surface area contributed by atoms with E-state index < -0.39 is 17.2 Å². The number of hydrogen-bond donors (Lipinski definition) is 2. The van der Waals surface area contributed by atoms with Crippen LogP contribution in [0.1, 0.15) is 6.92 Å². The highest BCUT2D eigenvalue weighted by Gasteiger charge is 2.13. The number of aromatic nitrogens is 2. The summed E-state index contributed by atoms with van der Waals surface area (Å²) >= 11 is 0. The van der Waals surface area contributed by atoms with Gasteiger partial charge in [-0.3, -0.25) is 18.7 Å². The van der Waals surface area contributed by atoms with Crippen molar-refractivity contribution in [1.82, 2.24) is 9.13 Å². The van der Waals surface area contributed by atoms with Crippen molar-refractivity contribution < 1.29 is 4.79 Å². The minimum Gasteiger partial charge on any atom is -0.391 e. The summed E-state index contributed by atoms with van der Waals surface area (Å²) in [6, 6.07) is 0. The van der Waals surface area contributed by atoms with Crippen molar-refractivity contribution in [2.24, 2.45) is 14.1 Å². The smallest absolute Gasteiger partial charge is 0.332 e. The highest BCUT2D eigenvalue weighted by atomic mass is 16.2. The fraction of sp³-hybridized carbons (Fsp3) is 0.375. The third-order valence-electron chi connectivity index (χ3n) is 1.99. The molecule has 15 heavy (non-hydrogen) atoms. The van der Waals surface area contributed by atoms with E-state index in [1.807, 2.05) is 0 Å². The summed E-state index contributed by atoms with van der Waals surface area (Å²) in [7, 11) is 2.74. The van der Waals surface area contributed by atoms with Crippen LogP contribution in [0, 0.1) is 0 Å². The van der Waals surface area contributed by atoms with E-state index in [0.717, 1.165) is 9.13 Å². The first-order valence-corrected chi connectivity index (χ1v) is 4.19. The summed E-state index contributed by atoms with van der Waals surface area (Å²) in [5.74, 6) is -0.374. The summed E-state index contributed by atoms with van der Waals surface area (Å²) < 4.78 is 1.98. The topological polar surface area (TPSA) is 99.1 Å². The Kier molecular flexibility index (Phi) is 2.65. The van der Waals surface area contributed by atoms with E-state index in [-0.39, 0.29) is 11.5 Å². The minimum absolute atomic E-state index is 0.0237. The maximum absolute atomic E-state index is 11.5. The van der Waals surface area contributed by atoms with Gasteiger partial charge in [-0.25, -0.2) is 4.79 Å². The molecule has 0 spiro atoms. The Morgan fingerprint density at radius 1 is 1.27 bits per heavy atom. The summed E-state index contributed by atoms with van der Waals surface area (Å²) in [6.45, 7) is 1.27. The number of nitrogens with one attached hydrogen (secondary N) is 1. The highest BCUT2D eigenvalue weighted by molar-refractivity contribution is 5.90. The Morgan fingerprint density at radius 2 is 1.80 bits per heavy atom. The number of amides is 1. The van der Waals surface area contributed by atoms with Crippen LogP contribution in [0.2, 0.25) is 0 Å². The van der Waals surface area contributed by atoms with Crippen molar-refractivity contribution in [1.29, 1.82) is 0 Å². The van der Waals surface area contributed by atoms with E-state index in [4.69, 9.17) is 5.73 Å². The van der Waals surface area contributed by atoms with Crippen molar-refractivity contribution in [3.05, 3.63) is 20.8 Å². The Labute approximate surface area is 85.1 Å². The number of carbonyl (C=O) groups is 1. The monoisotopic (exact) mass is 212 g/mol. The molecule has 7 nitrogen and oxygen atoms in total. The van der Waals surface area contributed by atoms with E-state index in [1.54, 1.807) is 0 Å². The molecule has 1 rings (SSSR count). The first-order chi connectivity index (χ1) is 6.86. The molecule has 0 unspecified atom stereocenters. The van der Waals surface area contributed by atoms with Gasteiger partial charge in [-0.15, -0.1) is 0 Å². The number of hydrogen-bond acceptors (Lipinski definition) is 4. The van der Waals surface area contributed by atoms with Crippen LogP contribution in [0.25, 0.3) is 0 Å². The lowest BCUT2D eigenvalue weighted by molar-refractivity contribution is -0.114. The van der Waals surface area contributed by atoms with Crippen molar-refractivity contribution in [3.63, 3.8) is 0 Å². The van der Waals surface area contributed by atoms with Crippen LogP contribution in [0.5, 0.6) is 0 Å². The number of nitrogen functional groups attached to an aromatic ring is 1. The third-order valence-corrected chi connectivity index (χ3v) is 1.99. The summed E-state index contributed by atoms with van der Waals surface area (Å²) in [6.07, 6.45) is 0. The Morgan fingerprint density at radius 3 is 2.27 bits per heavy atom. The zero-order valence-corrected chi connectivity index (χ0v) is 8.70. The van der Waals surface area contributed by atoms with Gasteiger partial charge >= 0.3 is 5.69 Å². The lowest BCUT2D eigenvalue weighted by Gasteiger charge is -2.11. The molecule has 0 fully saturated rings. The van der Waals surface area contributed by atoms with E-state index in [2.05, 4.69) is 5.32 Å². The molecule has 0 atom stereocenters. The van der Waals surface area contributed by atoms with Gasteiger partial charge in [0.15, 0.2) is 0 Å². The van der Waals surface area contributed by atoms with Crippen LogP contribution in [0.4, 0.5) is 11.5 Å². The average molecular weight is 212 g/mol. The van der Waals surface area contributed by atoms with Crippen LogP contribution in [0.3, 0.4) is 0 Å². The lowest BCUT2D eigenvalue weighted by atomic mass is 10.4. The number of anilines is 2. The van der Waals surface area contributed by atoms with E-state index in [0.29, 0.717) is 0 Å². The largest absolute Gasteiger partial charge is 0.391 e. The fourth-order valence-electron chi connectivity index (χ4n) is 1.19. The van der Waals surface area contributed by atoms with Gasteiger partial charge in [0.2, 0.25) is 5.91 Å². The Balaban J connectivity index is 3.60. The highest BCUT2D eigenvalue weighted by Crippen LogP contribution is 2.08. The first-order valence-electron chi connectivity index (χ1n) is 4.19. The van der Waals surface area contributed by atoms with Gasteiger partial charge in [-0.1, -0.05) is 0 Å². The molecule has 7 heteroatoms. The molecule has 0 aliphatic carbocycles. The van der Waals surface area contributed by atoms with Crippen molar-refractivity contribution in [2.45, 2.75) is 6.92 Å². The number of carbonyl (C=O) groups excluding carboxylic acids is 1. The quantitative estimate of drug-likeness (QED) is 0.599. The average Bonchev–Trinajstić information content (AvgIpc) is 2.18. The molecular formula is C8H12N4O3. The molecule has 1 aromatic rings. The first kappa shape index (κ1) is 11.0. The molecule has 0 aliphatic heterocycles. The maximum atomic E-state index is 11.5. The minimum atomic E-state index is -0.623. The van der Waals surface area contributed by atoms with E-state index in [1.165, 1.54) is 21.0 Å². The summed E-state index contributed by atoms with van der Waals surface area (Å²) in [5, 5.41) is 2.34. The second kappa shape index (κ2) is 3.60. The van der Waals surface area contributed by atoms with Crippen LogP contribution >= 0.6 is 0 Å². The molecule has 1 heterocycles. The van der Waals surface area contributed by atoms with Gasteiger partial charge in [0.1, 0.15) is 11.5 Å². The van der Waals surface area contributed by atoms with Crippen LogP contribution in [-0.2, 0) is 18.9 Å². The van der Waals surface area contributed by atoms with Crippen LogP contribution in [0.15, 0.2) is 9.59 Å². The normalized spacial score (nSPS) is 10.1. The van der Waals surface area contributed by atoms with Crippen molar-refractivity contribution in [2.75, 3.05) is 11.1 Å². The molecule has 0 saturated carbocycles. The molecular weight excluding hydrogens is 200 g/mol. The van der Waals surface area contributed by atoms with Crippen molar-refractivity contribution >= 4 is 17.4 Å². The van der Waals surface area contributed by atoms with E-state index >= 15 is 0 Å². The number of rotatable bonds is 1. The predicted molar refractivity (Wildman–Crippen MR) is 55.6 cm³/mol. The van der Waals surface area contributed by atoms with Gasteiger partial charge in [0, 0.05) is 21.0 Å². The zero-order chi connectivity index (χ0) is 11.7. The Hall–Kier alpha value is -2.05. The second-order valence-electron chi connectivity index (χ2n) is 3.15. The predicted octanol–water partition coefficient (Wildman–Crippen LogP) is -1.38. The number of nitrogens with two attached hydrogens (primary N) is 1. The summed E-state index contributed by atoms with van der Waals surface area (Å²) in [4.78, 5) is 33.7. The van der Waals surface area contributed by atoms with E-state index in [9.17, 15) is 14.4 Å². The molecule has 0 saturated heterocycles. The van der Waals surface area contributed by atoms with Gasteiger partial charge in [0.25, 0.3) is 5.56 Å². The molecule has 0 bridgehead atoms. The molecule has 3 N–H and O–H groups in total. The molecule has 0 aliphatic rings. The lowest BCUT2D eigenvalue weighted by Crippen LogP contribution is -2.40. The second-order valence-corrected chi connectivity index (χ2v) is 3.15. The molecule has 1 amide bonds. The summed E-state index contributed by atoms with van der Waals surface area (Å²) in [5.41, 5.74) is 4.17. The maximum Gasteiger partial charge on any atom is 0.332 e. The standard InChI is InChI=1S/C8H12N4O3/c1-4(13)10-6-5(9)7(14)12(3)8(15)11(6)2/h9H2,1-3H3,(H,10,13). The molecule has 82 valence electrons. The van der Waals surface area contributed by atoms with Crippen molar-refractivity contribution in [3.8, 4) is 0 Å². The third kappa shape index (κ3) is 1.76. The SMILES string of the molecule is CC(=O)Nc1c(N)c(=O)n(C)c(=O)n1C. The van der Waals surface area contributed by atoms with Gasteiger partial charge in [-0.05, 0) is 0 Å². The van der Waals surface area contributed by atoms with Gasteiger partial charge in [0.05, 0.1) is 0 Å². The molecule has 0 radical (unpaired) electrons. The molecule has 0 aromatic carbocycles. The van der Waals surface area contributed by atoms with Crippen LogP contribution < -0.4 is 22.3 Å². The van der Waals surface area contributed by atoms with Gasteiger partial charge < -0.3 is 11.1 Å². The fourth-order valence-corrected chi connectivity index (χ4v) is 1.19. The zero-order valence-electron chi connectivity index (χ0n) is 8.70. The molecule has 1 aromatic heterocycles. The Bertz CT molecular complexity index is 489.